The standard InChI is InChI=1S/C10H12N4O3S/c1-13-6-10(11-7-13)18(15,16)14-3-2-9-8(5-14)4-12-17-9/h4,6-7H,2-3,5H2,1H3. The maximum absolute atomic E-state index is 12.3. The van der Waals surface area contributed by atoms with Crippen LogP contribution in [0.25, 0.3) is 0 Å². The lowest BCUT2D eigenvalue weighted by atomic mass is 10.1. The summed E-state index contributed by atoms with van der Waals surface area (Å²) in [6.07, 6.45) is 5.08. The Morgan fingerprint density at radius 3 is 3.00 bits per heavy atom. The topological polar surface area (TPSA) is 81.2 Å². The molecule has 0 spiro atoms. The number of hydrogen-bond acceptors (Lipinski definition) is 5. The fourth-order valence-electron chi connectivity index (χ4n) is 1.97. The Hall–Kier alpha value is -1.67. The lowest BCUT2D eigenvalue weighted by molar-refractivity contribution is 0.330. The Morgan fingerprint density at radius 1 is 1.44 bits per heavy atom. The second-order valence-corrected chi connectivity index (χ2v) is 6.12. The fraction of sp³-hybridized carbons (Fsp3) is 0.400. The molecule has 0 bridgehead atoms. The van der Waals surface area contributed by atoms with Gasteiger partial charge in [-0.2, -0.15) is 4.31 Å². The van der Waals surface area contributed by atoms with Crippen LogP contribution in [0.3, 0.4) is 0 Å². The van der Waals surface area contributed by atoms with Gasteiger partial charge in [0, 0.05) is 38.3 Å². The van der Waals surface area contributed by atoms with Crippen LogP contribution in [-0.4, -0.2) is 34.0 Å². The zero-order valence-electron chi connectivity index (χ0n) is 9.78. The molecule has 0 saturated heterocycles. The maximum Gasteiger partial charge on any atom is 0.262 e. The zero-order chi connectivity index (χ0) is 12.8. The molecule has 0 fully saturated rings. The van der Waals surface area contributed by atoms with Gasteiger partial charge in [0.25, 0.3) is 10.0 Å². The van der Waals surface area contributed by atoms with Crippen molar-refractivity contribution in [2.45, 2.75) is 18.0 Å². The van der Waals surface area contributed by atoms with Crippen LogP contribution >= 0.6 is 0 Å². The molecule has 1 aliphatic rings. The number of hydrogen-bond donors (Lipinski definition) is 0. The lowest BCUT2D eigenvalue weighted by Crippen LogP contribution is -2.35. The van der Waals surface area contributed by atoms with Crippen LogP contribution in [0.1, 0.15) is 11.3 Å². The third-order valence-corrected chi connectivity index (χ3v) is 4.68. The zero-order valence-corrected chi connectivity index (χ0v) is 10.6. The monoisotopic (exact) mass is 268 g/mol. The lowest BCUT2D eigenvalue weighted by Gasteiger charge is -2.23. The van der Waals surface area contributed by atoms with Gasteiger partial charge in [0.05, 0.1) is 12.5 Å². The molecule has 0 atom stereocenters. The molecule has 18 heavy (non-hydrogen) atoms. The van der Waals surface area contributed by atoms with Crippen LogP contribution in [0.5, 0.6) is 0 Å². The maximum atomic E-state index is 12.3. The van der Waals surface area contributed by atoms with E-state index in [9.17, 15) is 8.42 Å². The Kier molecular flexibility index (Phi) is 2.49. The number of rotatable bonds is 2. The molecule has 3 rings (SSSR count). The first-order valence-corrected chi connectivity index (χ1v) is 6.92. The number of sulfonamides is 1. The van der Waals surface area contributed by atoms with Gasteiger partial charge in [-0.1, -0.05) is 5.16 Å². The number of fused-ring (bicyclic) bond motifs is 1. The van der Waals surface area contributed by atoms with Crippen LogP contribution in [0, 0.1) is 0 Å². The number of aromatic nitrogens is 3. The van der Waals surface area contributed by atoms with E-state index in [-0.39, 0.29) is 11.6 Å². The highest BCUT2D eigenvalue weighted by Gasteiger charge is 2.31. The molecule has 1 aliphatic heterocycles. The third kappa shape index (κ3) is 1.73. The van der Waals surface area contributed by atoms with E-state index >= 15 is 0 Å². The SMILES string of the molecule is Cn1cnc(S(=O)(=O)N2CCc3oncc3C2)c1. The van der Waals surface area contributed by atoms with Crippen LogP contribution in [0.15, 0.2) is 28.3 Å². The van der Waals surface area contributed by atoms with E-state index in [4.69, 9.17) is 4.52 Å². The molecule has 0 aromatic carbocycles. The van der Waals surface area contributed by atoms with Crippen molar-refractivity contribution in [1.29, 1.82) is 0 Å². The minimum atomic E-state index is -3.53. The highest BCUT2D eigenvalue weighted by atomic mass is 32.2. The molecular weight excluding hydrogens is 256 g/mol. The van der Waals surface area contributed by atoms with Crippen LogP contribution in [-0.2, 0) is 30.0 Å². The summed E-state index contributed by atoms with van der Waals surface area (Å²) in [4.78, 5) is 3.90. The van der Waals surface area contributed by atoms with Gasteiger partial charge < -0.3 is 9.09 Å². The highest BCUT2D eigenvalue weighted by molar-refractivity contribution is 7.89. The number of aryl methyl sites for hydroxylation is 1. The molecule has 2 aromatic rings. The summed E-state index contributed by atoms with van der Waals surface area (Å²) in [5.41, 5.74) is 0.820. The first kappa shape index (κ1) is 11.4. The second kappa shape index (κ2) is 3.92. The van der Waals surface area contributed by atoms with Crippen molar-refractivity contribution in [3.8, 4) is 0 Å². The van der Waals surface area contributed by atoms with Gasteiger partial charge in [-0.25, -0.2) is 13.4 Å². The van der Waals surface area contributed by atoms with Gasteiger partial charge in [-0.3, -0.25) is 0 Å². The van der Waals surface area contributed by atoms with Crippen LogP contribution in [0.2, 0.25) is 0 Å². The molecule has 7 nitrogen and oxygen atoms in total. The van der Waals surface area contributed by atoms with Gasteiger partial charge >= 0.3 is 0 Å². The van der Waals surface area contributed by atoms with Crippen molar-refractivity contribution >= 4 is 10.0 Å². The average Bonchev–Trinajstić information content (AvgIpc) is 2.96. The Bertz CT molecular complexity index is 673. The van der Waals surface area contributed by atoms with Crippen LogP contribution in [0.4, 0.5) is 0 Å². The summed E-state index contributed by atoms with van der Waals surface area (Å²) in [7, 11) is -1.79. The average molecular weight is 268 g/mol. The van der Waals surface area contributed by atoms with Crippen LogP contribution < -0.4 is 0 Å². The first-order valence-electron chi connectivity index (χ1n) is 5.48. The van der Waals surface area contributed by atoms with Gasteiger partial charge in [0.15, 0.2) is 5.03 Å². The van der Waals surface area contributed by atoms with Gasteiger partial charge in [-0.05, 0) is 0 Å². The van der Waals surface area contributed by atoms with E-state index in [0.717, 1.165) is 11.3 Å². The minimum absolute atomic E-state index is 0.0740. The third-order valence-electron chi connectivity index (χ3n) is 2.95. The quantitative estimate of drug-likeness (QED) is 0.774. The van der Waals surface area contributed by atoms with Crippen molar-refractivity contribution in [3.05, 3.63) is 30.0 Å². The number of nitrogens with zero attached hydrogens (tertiary/aromatic N) is 4. The van der Waals surface area contributed by atoms with E-state index in [0.29, 0.717) is 13.0 Å². The molecule has 0 saturated carbocycles. The highest BCUT2D eigenvalue weighted by Crippen LogP contribution is 2.23. The van der Waals surface area contributed by atoms with Crippen molar-refractivity contribution in [2.24, 2.45) is 7.05 Å². The van der Waals surface area contributed by atoms with Crippen molar-refractivity contribution in [3.63, 3.8) is 0 Å². The van der Waals surface area contributed by atoms with E-state index in [2.05, 4.69) is 10.1 Å². The predicted molar refractivity (Wildman–Crippen MR) is 61.0 cm³/mol. The summed E-state index contributed by atoms with van der Waals surface area (Å²) in [5, 5.41) is 3.75. The Morgan fingerprint density at radius 2 is 2.28 bits per heavy atom. The van der Waals surface area contributed by atoms with E-state index in [1.807, 2.05) is 0 Å². The molecule has 96 valence electrons. The molecule has 0 N–H and O–H groups in total. The molecule has 0 amide bonds. The molecule has 3 heterocycles. The molecular formula is C10H12N4O3S. The largest absolute Gasteiger partial charge is 0.361 e. The molecule has 8 heteroatoms. The predicted octanol–water partition coefficient (Wildman–Crippen LogP) is 0.155. The summed E-state index contributed by atoms with van der Waals surface area (Å²) >= 11 is 0. The number of imidazole rings is 1. The summed E-state index contributed by atoms with van der Waals surface area (Å²) in [6.45, 7) is 0.679. The van der Waals surface area contributed by atoms with Gasteiger partial charge in [-0.15, -0.1) is 0 Å². The van der Waals surface area contributed by atoms with E-state index < -0.39 is 10.0 Å². The minimum Gasteiger partial charge on any atom is -0.361 e. The Balaban J connectivity index is 1.92. The molecule has 0 aliphatic carbocycles. The van der Waals surface area contributed by atoms with Crippen molar-refractivity contribution in [1.82, 2.24) is 19.0 Å². The van der Waals surface area contributed by atoms with Gasteiger partial charge in [0.1, 0.15) is 5.76 Å². The fourth-order valence-corrected chi connectivity index (χ4v) is 3.36. The van der Waals surface area contributed by atoms with Gasteiger partial charge in [0.2, 0.25) is 0 Å². The molecule has 0 radical (unpaired) electrons. The Labute approximate surface area is 104 Å². The van der Waals surface area contributed by atoms with Crippen molar-refractivity contribution in [2.75, 3.05) is 6.54 Å². The summed E-state index contributed by atoms with van der Waals surface area (Å²) < 4.78 is 32.7. The van der Waals surface area contributed by atoms with E-state index in [1.54, 1.807) is 17.8 Å². The normalized spacial score (nSPS) is 16.7. The second-order valence-electron chi connectivity index (χ2n) is 4.24. The molecule has 2 aromatic heterocycles. The smallest absolute Gasteiger partial charge is 0.262 e. The van der Waals surface area contributed by atoms with Crippen molar-refractivity contribution < 1.29 is 12.9 Å². The summed E-state index contributed by atoms with van der Waals surface area (Å²) in [6, 6.07) is 0. The van der Waals surface area contributed by atoms with E-state index in [1.165, 1.54) is 16.8 Å². The molecule has 0 unspecified atom stereocenters. The first-order chi connectivity index (χ1) is 8.57. The summed E-state index contributed by atoms with van der Waals surface area (Å²) in [5.74, 6) is 0.766.